The first-order chi connectivity index (χ1) is 12.7. The highest BCUT2D eigenvalue weighted by molar-refractivity contribution is 5.95. The lowest BCUT2D eigenvalue weighted by atomic mass is 10.0. The van der Waals surface area contributed by atoms with E-state index in [9.17, 15) is 23.1 Å². The highest BCUT2D eigenvalue weighted by Crippen LogP contribution is 2.32. The standard InChI is InChI=1S/C20H21F3N2O2/c1-24(2)17-11-25(12-18(17)26)19(27)15-7-3-5-13(9-15)14-6-4-8-16(10-14)20(21,22)23/h3-10,17-18,26H,11-12H2,1-2H3/t17-,18-/m0/s1. The second-order valence-electron chi connectivity index (χ2n) is 6.97. The number of carbonyl (C=O) groups excluding carboxylic acids is 1. The lowest BCUT2D eigenvalue weighted by Crippen LogP contribution is -2.38. The van der Waals surface area contributed by atoms with Gasteiger partial charge in [0.05, 0.1) is 17.7 Å². The van der Waals surface area contributed by atoms with Crippen molar-refractivity contribution in [2.24, 2.45) is 0 Å². The summed E-state index contributed by atoms with van der Waals surface area (Å²) in [6.45, 7) is 0.635. The fraction of sp³-hybridized carbons (Fsp3) is 0.350. The number of hydrogen-bond acceptors (Lipinski definition) is 3. The van der Waals surface area contributed by atoms with Crippen LogP contribution in [0.1, 0.15) is 15.9 Å². The summed E-state index contributed by atoms with van der Waals surface area (Å²) in [7, 11) is 3.69. The summed E-state index contributed by atoms with van der Waals surface area (Å²) in [5.41, 5.74) is 0.590. The van der Waals surface area contributed by atoms with Crippen LogP contribution in [0.5, 0.6) is 0 Å². The van der Waals surface area contributed by atoms with E-state index in [1.807, 2.05) is 19.0 Å². The molecule has 2 aromatic rings. The van der Waals surface area contributed by atoms with E-state index < -0.39 is 17.8 Å². The van der Waals surface area contributed by atoms with Gasteiger partial charge in [0, 0.05) is 18.7 Å². The summed E-state index contributed by atoms with van der Waals surface area (Å²) in [5.74, 6) is -0.243. The van der Waals surface area contributed by atoms with Crippen molar-refractivity contribution in [3.05, 3.63) is 59.7 Å². The van der Waals surface area contributed by atoms with E-state index in [0.29, 0.717) is 23.2 Å². The molecule has 1 N–H and O–H groups in total. The van der Waals surface area contributed by atoms with Crippen molar-refractivity contribution < 1.29 is 23.1 Å². The van der Waals surface area contributed by atoms with Gasteiger partial charge in [-0.15, -0.1) is 0 Å². The molecule has 3 rings (SSSR count). The maximum absolute atomic E-state index is 12.9. The Bertz CT molecular complexity index is 836. The lowest BCUT2D eigenvalue weighted by molar-refractivity contribution is -0.137. The molecule has 1 aliphatic rings. The molecule has 27 heavy (non-hydrogen) atoms. The van der Waals surface area contributed by atoms with Crippen molar-refractivity contribution in [1.82, 2.24) is 9.80 Å². The number of halogens is 3. The quantitative estimate of drug-likeness (QED) is 0.893. The van der Waals surface area contributed by atoms with E-state index in [1.165, 1.54) is 6.07 Å². The molecule has 1 saturated heterocycles. The van der Waals surface area contributed by atoms with Crippen LogP contribution in [0.4, 0.5) is 13.2 Å². The zero-order valence-corrected chi connectivity index (χ0v) is 15.1. The molecule has 0 aromatic heterocycles. The number of aliphatic hydroxyl groups excluding tert-OH is 1. The third-order valence-electron chi connectivity index (χ3n) is 4.84. The third kappa shape index (κ3) is 4.14. The summed E-state index contributed by atoms with van der Waals surface area (Å²) in [6, 6.07) is 11.4. The van der Waals surface area contributed by atoms with Crippen molar-refractivity contribution in [2.75, 3.05) is 27.2 Å². The van der Waals surface area contributed by atoms with E-state index in [-0.39, 0.29) is 18.5 Å². The highest BCUT2D eigenvalue weighted by Gasteiger charge is 2.35. The molecule has 1 fully saturated rings. The molecule has 0 aliphatic carbocycles. The number of hydrogen-bond donors (Lipinski definition) is 1. The van der Waals surface area contributed by atoms with Gasteiger partial charge in [0.1, 0.15) is 0 Å². The van der Waals surface area contributed by atoms with Crippen LogP contribution in [0.2, 0.25) is 0 Å². The van der Waals surface area contributed by atoms with Gasteiger partial charge in [-0.2, -0.15) is 13.2 Å². The number of likely N-dealkylation sites (tertiary alicyclic amines) is 1. The average molecular weight is 378 g/mol. The molecule has 0 spiro atoms. The number of alkyl halides is 3. The monoisotopic (exact) mass is 378 g/mol. The second kappa shape index (κ2) is 7.32. The highest BCUT2D eigenvalue weighted by atomic mass is 19.4. The van der Waals surface area contributed by atoms with E-state index in [0.717, 1.165) is 12.1 Å². The number of β-amino-alcohol motifs (C(OH)–C–C–N with tert-alkyl or cyclic N) is 1. The molecule has 144 valence electrons. The molecule has 0 bridgehead atoms. The maximum Gasteiger partial charge on any atom is 0.416 e. The second-order valence-corrected chi connectivity index (χ2v) is 6.97. The first kappa shape index (κ1) is 19.4. The molecule has 0 unspecified atom stereocenters. The zero-order chi connectivity index (χ0) is 19.8. The van der Waals surface area contributed by atoms with Crippen LogP contribution in [0, 0.1) is 0 Å². The Morgan fingerprint density at radius 1 is 1.07 bits per heavy atom. The molecule has 4 nitrogen and oxygen atoms in total. The summed E-state index contributed by atoms with van der Waals surface area (Å²) in [4.78, 5) is 16.2. The minimum Gasteiger partial charge on any atom is -0.390 e. The Kier molecular flexibility index (Phi) is 5.26. The number of carbonyl (C=O) groups is 1. The molecule has 0 saturated carbocycles. The minimum atomic E-state index is -4.42. The van der Waals surface area contributed by atoms with Gasteiger partial charge in [-0.25, -0.2) is 0 Å². The summed E-state index contributed by atoms with van der Waals surface area (Å²) in [6.07, 6.45) is -5.05. The summed E-state index contributed by atoms with van der Waals surface area (Å²) in [5, 5.41) is 10.1. The van der Waals surface area contributed by atoms with Gasteiger partial charge in [-0.3, -0.25) is 4.79 Å². The summed E-state index contributed by atoms with van der Waals surface area (Å²) >= 11 is 0. The number of rotatable bonds is 3. The molecular weight excluding hydrogens is 357 g/mol. The Balaban J connectivity index is 1.85. The molecule has 2 atom stereocenters. The van der Waals surface area contributed by atoms with E-state index in [4.69, 9.17) is 0 Å². The van der Waals surface area contributed by atoms with Gasteiger partial charge in [0.2, 0.25) is 0 Å². The molecule has 2 aromatic carbocycles. The molecule has 1 amide bonds. The van der Waals surface area contributed by atoms with Gasteiger partial charge in [-0.1, -0.05) is 24.3 Å². The van der Waals surface area contributed by atoms with Crippen LogP contribution in [0.3, 0.4) is 0 Å². The fourth-order valence-electron chi connectivity index (χ4n) is 3.33. The van der Waals surface area contributed by atoms with Gasteiger partial charge < -0.3 is 14.9 Å². The normalized spacial score (nSPS) is 20.3. The van der Waals surface area contributed by atoms with Crippen molar-refractivity contribution in [1.29, 1.82) is 0 Å². The Hall–Kier alpha value is -2.38. The number of amides is 1. The number of aliphatic hydroxyl groups is 1. The first-order valence-corrected chi connectivity index (χ1v) is 8.58. The van der Waals surface area contributed by atoms with Crippen LogP contribution >= 0.6 is 0 Å². The fourth-order valence-corrected chi connectivity index (χ4v) is 3.33. The smallest absolute Gasteiger partial charge is 0.390 e. The van der Waals surface area contributed by atoms with Crippen molar-refractivity contribution in [3.63, 3.8) is 0 Å². The average Bonchev–Trinajstić information content (AvgIpc) is 3.02. The predicted octanol–water partition coefficient (Wildman–Crippen LogP) is 3.12. The van der Waals surface area contributed by atoms with E-state index in [1.54, 1.807) is 35.2 Å². The van der Waals surface area contributed by atoms with Crippen LogP contribution in [-0.2, 0) is 6.18 Å². The van der Waals surface area contributed by atoms with Gasteiger partial charge >= 0.3 is 6.18 Å². The Labute approximate surface area is 155 Å². The Morgan fingerprint density at radius 3 is 2.30 bits per heavy atom. The molecule has 1 heterocycles. The number of nitrogens with zero attached hydrogens (tertiary/aromatic N) is 2. The van der Waals surface area contributed by atoms with Gasteiger partial charge in [0.25, 0.3) is 5.91 Å². The number of likely N-dealkylation sites (N-methyl/N-ethyl adjacent to an activating group) is 1. The van der Waals surface area contributed by atoms with Crippen LogP contribution in [-0.4, -0.2) is 60.1 Å². The SMILES string of the molecule is CN(C)[C@H]1CN(C(=O)c2cccc(-c3cccc(C(F)(F)F)c3)c2)C[C@@H]1O. The van der Waals surface area contributed by atoms with Gasteiger partial charge in [-0.05, 0) is 49.5 Å². The maximum atomic E-state index is 12.9. The molecule has 0 radical (unpaired) electrons. The van der Waals surface area contributed by atoms with Crippen molar-refractivity contribution >= 4 is 5.91 Å². The minimum absolute atomic E-state index is 0.138. The number of benzene rings is 2. The topological polar surface area (TPSA) is 43.8 Å². The molecular formula is C20H21F3N2O2. The molecule has 7 heteroatoms. The predicted molar refractivity (Wildman–Crippen MR) is 96.3 cm³/mol. The van der Waals surface area contributed by atoms with Crippen LogP contribution < -0.4 is 0 Å². The summed E-state index contributed by atoms with van der Waals surface area (Å²) < 4.78 is 38.8. The lowest BCUT2D eigenvalue weighted by Gasteiger charge is -2.21. The Morgan fingerprint density at radius 2 is 1.70 bits per heavy atom. The van der Waals surface area contributed by atoms with E-state index >= 15 is 0 Å². The van der Waals surface area contributed by atoms with E-state index in [2.05, 4.69) is 0 Å². The van der Waals surface area contributed by atoms with Crippen molar-refractivity contribution in [2.45, 2.75) is 18.3 Å². The zero-order valence-electron chi connectivity index (χ0n) is 15.1. The van der Waals surface area contributed by atoms with Crippen LogP contribution in [0.15, 0.2) is 48.5 Å². The largest absolute Gasteiger partial charge is 0.416 e. The van der Waals surface area contributed by atoms with Crippen LogP contribution in [0.25, 0.3) is 11.1 Å². The van der Waals surface area contributed by atoms with Gasteiger partial charge in [0.15, 0.2) is 0 Å². The van der Waals surface area contributed by atoms with Crippen molar-refractivity contribution in [3.8, 4) is 11.1 Å². The molecule has 1 aliphatic heterocycles. The first-order valence-electron chi connectivity index (χ1n) is 8.58. The third-order valence-corrected chi connectivity index (χ3v) is 4.84.